The number of rotatable bonds is 5. The maximum absolute atomic E-state index is 11.8. The zero-order valence-electron chi connectivity index (χ0n) is 14.0. The van der Waals surface area contributed by atoms with Crippen LogP contribution in [-0.4, -0.2) is 19.7 Å². The zero-order valence-corrected chi connectivity index (χ0v) is 14.0. The molecule has 122 valence electrons. The molecule has 0 amide bonds. The summed E-state index contributed by atoms with van der Waals surface area (Å²) in [5.41, 5.74) is 1.30. The Kier molecular flexibility index (Phi) is 5.27. The Bertz CT molecular complexity index is 637. The fourth-order valence-corrected chi connectivity index (χ4v) is 2.00. The molecular weight excluding hydrogens is 292 g/mol. The topological polar surface area (TPSA) is 44.8 Å². The van der Waals surface area contributed by atoms with E-state index in [0.29, 0.717) is 17.2 Å². The Hall–Kier alpha value is -2.49. The van der Waals surface area contributed by atoms with Crippen LogP contribution in [0.1, 0.15) is 26.3 Å². The van der Waals surface area contributed by atoms with Gasteiger partial charge in [-0.2, -0.15) is 0 Å². The molecule has 4 heteroatoms. The summed E-state index contributed by atoms with van der Waals surface area (Å²) in [4.78, 5) is 11.8. The first-order valence-electron chi connectivity index (χ1n) is 7.46. The zero-order chi connectivity index (χ0) is 16.9. The van der Waals surface area contributed by atoms with Crippen LogP contribution in [-0.2, 0) is 10.2 Å². The first kappa shape index (κ1) is 16.9. The molecule has 0 bridgehead atoms. The van der Waals surface area contributed by atoms with Crippen LogP contribution >= 0.6 is 0 Å². The Morgan fingerprint density at radius 2 is 1.39 bits per heavy atom. The Balaban J connectivity index is 1.86. The van der Waals surface area contributed by atoms with Gasteiger partial charge in [0.2, 0.25) is 0 Å². The minimum atomic E-state index is -0.449. The first-order valence-corrected chi connectivity index (χ1v) is 7.46. The van der Waals surface area contributed by atoms with Crippen LogP contribution in [0.2, 0.25) is 0 Å². The van der Waals surface area contributed by atoms with Gasteiger partial charge in [-0.05, 0) is 47.4 Å². The van der Waals surface area contributed by atoms with Crippen molar-refractivity contribution in [3.63, 3.8) is 0 Å². The minimum Gasteiger partial charge on any atom is -0.497 e. The molecule has 2 aromatic rings. The lowest BCUT2D eigenvalue weighted by atomic mass is 9.87. The number of hydrogen-bond acceptors (Lipinski definition) is 4. The molecule has 0 atom stereocenters. The summed E-state index contributed by atoms with van der Waals surface area (Å²) in [5, 5.41) is 0. The largest absolute Gasteiger partial charge is 0.497 e. The second-order valence-electron chi connectivity index (χ2n) is 6.21. The van der Waals surface area contributed by atoms with Crippen molar-refractivity contribution in [2.24, 2.45) is 0 Å². The van der Waals surface area contributed by atoms with Gasteiger partial charge in [0.05, 0.1) is 7.11 Å². The van der Waals surface area contributed by atoms with Crippen molar-refractivity contribution in [1.82, 2.24) is 0 Å². The van der Waals surface area contributed by atoms with E-state index in [2.05, 4.69) is 20.8 Å². The lowest BCUT2D eigenvalue weighted by molar-refractivity contribution is -0.136. The van der Waals surface area contributed by atoms with E-state index < -0.39 is 5.97 Å². The molecule has 4 nitrogen and oxygen atoms in total. The monoisotopic (exact) mass is 314 g/mol. The third kappa shape index (κ3) is 5.02. The van der Waals surface area contributed by atoms with Crippen LogP contribution in [0.25, 0.3) is 0 Å². The summed E-state index contributed by atoms with van der Waals surface area (Å²) in [6, 6.07) is 14.5. The van der Waals surface area contributed by atoms with E-state index in [9.17, 15) is 4.79 Å². The Morgan fingerprint density at radius 1 is 0.870 bits per heavy atom. The van der Waals surface area contributed by atoms with Gasteiger partial charge in [-0.3, -0.25) is 0 Å². The van der Waals surface area contributed by atoms with E-state index in [4.69, 9.17) is 14.2 Å². The van der Waals surface area contributed by atoms with Crippen molar-refractivity contribution >= 4 is 5.97 Å². The molecule has 0 aromatic heterocycles. The average Bonchev–Trinajstić information content (AvgIpc) is 2.53. The summed E-state index contributed by atoms with van der Waals surface area (Å²) in [6.45, 7) is 6.31. The first-order chi connectivity index (χ1) is 10.9. The third-order valence-electron chi connectivity index (χ3n) is 3.37. The van der Waals surface area contributed by atoms with Crippen molar-refractivity contribution in [2.45, 2.75) is 26.2 Å². The molecule has 0 spiro atoms. The molecule has 2 rings (SSSR count). The molecule has 0 aliphatic rings. The fourth-order valence-electron chi connectivity index (χ4n) is 2.00. The molecule has 23 heavy (non-hydrogen) atoms. The number of methoxy groups -OCH3 is 1. The quantitative estimate of drug-likeness (QED) is 0.618. The highest BCUT2D eigenvalue weighted by molar-refractivity contribution is 5.74. The highest BCUT2D eigenvalue weighted by Gasteiger charge is 2.13. The molecule has 0 radical (unpaired) electrons. The maximum Gasteiger partial charge on any atom is 0.349 e. The van der Waals surface area contributed by atoms with Gasteiger partial charge in [0.15, 0.2) is 6.61 Å². The van der Waals surface area contributed by atoms with Crippen LogP contribution in [0.4, 0.5) is 0 Å². The maximum atomic E-state index is 11.8. The second-order valence-corrected chi connectivity index (χ2v) is 6.21. The molecule has 0 N–H and O–H groups in total. The molecular formula is C19H22O4. The van der Waals surface area contributed by atoms with E-state index in [0.717, 1.165) is 0 Å². The van der Waals surface area contributed by atoms with Crippen LogP contribution in [0.3, 0.4) is 0 Å². The third-order valence-corrected chi connectivity index (χ3v) is 3.37. The van der Waals surface area contributed by atoms with Gasteiger partial charge in [-0.25, -0.2) is 4.79 Å². The van der Waals surface area contributed by atoms with Gasteiger partial charge in [-0.15, -0.1) is 0 Å². The lowest BCUT2D eigenvalue weighted by Crippen LogP contribution is -2.17. The van der Waals surface area contributed by atoms with Crippen molar-refractivity contribution in [3.05, 3.63) is 54.1 Å². The fraction of sp³-hybridized carbons (Fsp3) is 0.316. The lowest BCUT2D eigenvalue weighted by Gasteiger charge is -2.19. The molecule has 0 heterocycles. The predicted molar refractivity (Wildman–Crippen MR) is 89.3 cm³/mol. The Labute approximate surface area is 137 Å². The highest BCUT2D eigenvalue weighted by atomic mass is 16.6. The SMILES string of the molecule is COc1ccc(OC(=O)COc2ccc(C(C)(C)C)cc2)cc1. The molecule has 0 unspecified atom stereocenters. The van der Waals surface area contributed by atoms with Crippen LogP contribution in [0.15, 0.2) is 48.5 Å². The van der Waals surface area contributed by atoms with Gasteiger partial charge < -0.3 is 14.2 Å². The summed E-state index contributed by atoms with van der Waals surface area (Å²) < 4.78 is 15.7. The smallest absolute Gasteiger partial charge is 0.349 e. The average molecular weight is 314 g/mol. The summed E-state index contributed by atoms with van der Waals surface area (Å²) >= 11 is 0. The van der Waals surface area contributed by atoms with Gasteiger partial charge in [-0.1, -0.05) is 32.9 Å². The van der Waals surface area contributed by atoms with Crippen molar-refractivity contribution in [3.8, 4) is 17.2 Å². The van der Waals surface area contributed by atoms with Crippen LogP contribution in [0.5, 0.6) is 17.2 Å². The van der Waals surface area contributed by atoms with Gasteiger partial charge in [0.25, 0.3) is 0 Å². The molecule has 0 aliphatic heterocycles. The minimum absolute atomic E-state index is 0.0891. The molecule has 0 saturated heterocycles. The van der Waals surface area contributed by atoms with E-state index in [1.807, 2.05) is 24.3 Å². The summed E-state index contributed by atoms with van der Waals surface area (Å²) in [7, 11) is 1.58. The van der Waals surface area contributed by atoms with E-state index in [1.54, 1.807) is 31.4 Å². The van der Waals surface area contributed by atoms with E-state index in [-0.39, 0.29) is 12.0 Å². The number of ether oxygens (including phenoxy) is 3. The molecule has 0 saturated carbocycles. The molecule has 2 aromatic carbocycles. The number of benzene rings is 2. The van der Waals surface area contributed by atoms with Crippen LogP contribution in [0, 0.1) is 0 Å². The highest BCUT2D eigenvalue weighted by Crippen LogP contribution is 2.24. The van der Waals surface area contributed by atoms with Crippen molar-refractivity contribution in [2.75, 3.05) is 13.7 Å². The Morgan fingerprint density at radius 3 is 1.91 bits per heavy atom. The van der Waals surface area contributed by atoms with Crippen LogP contribution < -0.4 is 14.2 Å². The van der Waals surface area contributed by atoms with Crippen molar-refractivity contribution in [1.29, 1.82) is 0 Å². The van der Waals surface area contributed by atoms with E-state index in [1.165, 1.54) is 5.56 Å². The second kappa shape index (κ2) is 7.18. The summed E-state index contributed by atoms with van der Waals surface area (Å²) in [5.74, 6) is 1.36. The standard InChI is InChI=1S/C19H22O4/c1-19(2,3)14-5-7-16(8-6-14)22-13-18(20)23-17-11-9-15(21-4)10-12-17/h5-12H,13H2,1-4H3. The normalized spacial score (nSPS) is 11.0. The van der Waals surface area contributed by atoms with Crippen molar-refractivity contribution < 1.29 is 19.0 Å². The van der Waals surface area contributed by atoms with Gasteiger partial charge in [0.1, 0.15) is 17.2 Å². The predicted octanol–water partition coefficient (Wildman–Crippen LogP) is 3.98. The number of hydrogen-bond donors (Lipinski definition) is 0. The van der Waals surface area contributed by atoms with Gasteiger partial charge in [0, 0.05) is 0 Å². The van der Waals surface area contributed by atoms with E-state index >= 15 is 0 Å². The number of esters is 1. The van der Waals surface area contributed by atoms with Gasteiger partial charge >= 0.3 is 5.97 Å². The summed E-state index contributed by atoms with van der Waals surface area (Å²) in [6.07, 6.45) is 0. The number of carbonyl (C=O) groups is 1. The number of carbonyl (C=O) groups excluding carboxylic acids is 1. The molecule has 0 fully saturated rings. The molecule has 0 aliphatic carbocycles.